The summed E-state index contributed by atoms with van der Waals surface area (Å²) in [6.07, 6.45) is 101. The second kappa shape index (κ2) is 70.0. The number of aliphatic hydroxyl groups is 1. The van der Waals surface area contributed by atoms with Gasteiger partial charge < -0.3 is 19.8 Å². The number of carbonyl (C=O) groups excluding carboxylic acids is 1. The highest BCUT2D eigenvalue weighted by Gasteiger charge is 2.28. The number of aliphatic hydroxyl groups excluding tert-OH is 1. The molecular formula is C80H150N2O6P+. The van der Waals surface area contributed by atoms with E-state index in [1.54, 1.807) is 6.08 Å². The van der Waals surface area contributed by atoms with Crippen LogP contribution < -0.4 is 5.32 Å². The number of nitrogens with zero attached hydrogens (tertiary/aromatic N) is 1. The van der Waals surface area contributed by atoms with Crippen LogP contribution >= 0.6 is 7.82 Å². The van der Waals surface area contributed by atoms with Crippen LogP contribution in [0.15, 0.2) is 85.1 Å². The van der Waals surface area contributed by atoms with Gasteiger partial charge in [-0.25, -0.2) is 4.57 Å². The van der Waals surface area contributed by atoms with Crippen molar-refractivity contribution in [1.82, 2.24) is 5.32 Å². The van der Waals surface area contributed by atoms with Crippen LogP contribution in [0.25, 0.3) is 0 Å². The molecule has 520 valence electrons. The van der Waals surface area contributed by atoms with E-state index in [1.165, 1.54) is 276 Å². The normalized spacial score (nSPS) is 14.0. The maximum absolute atomic E-state index is 13.1. The summed E-state index contributed by atoms with van der Waals surface area (Å²) in [4.78, 5) is 23.5. The van der Waals surface area contributed by atoms with Crippen molar-refractivity contribution in [2.75, 3.05) is 40.9 Å². The monoisotopic (exact) mass is 1270 g/mol. The van der Waals surface area contributed by atoms with Crippen LogP contribution in [0.3, 0.4) is 0 Å². The summed E-state index contributed by atoms with van der Waals surface area (Å²) < 4.78 is 23.8. The summed E-state index contributed by atoms with van der Waals surface area (Å²) in [6.45, 7) is 4.72. The van der Waals surface area contributed by atoms with Crippen LogP contribution in [0.2, 0.25) is 0 Å². The zero-order valence-electron chi connectivity index (χ0n) is 59.7. The Bertz CT molecular complexity index is 1730. The van der Waals surface area contributed by atoms with E-state index in [1.807, 2.05) is 27.2 Å². The quantitative estimate of drug-likeness (QED) is 0.0243. The molecule has 1 amide bonds. The van der Waals surface area contributed by atoms with Crippen molar-refractivity contribution >= 4 is 13.7 Å². The lowest BCUT2D eigenvalue weighted by Gasteiger charge is -2.25. The zero-order chi connectivity index (χ0) is 64.8. The van der Waals surface area contributed by atoms with Gasteiger partial charge in [-0.15, -0.1) is 0 Å². The third-order valence-electron chi connectivity index (χ3n) is 17.3. The molecule has 0 aromatic carbocycles. The lowest BCUT2D eigenvalue weighted by Crippen LogP contribution is -2.45. The minimum atomic E-state index is -4.37. The van der Waals surface area contributed by atoms with Gasteiger partial charge in [0.1, 0.15) is 13.2 Å². The topological polar surface area (TPSA) is 105 Å². The molecule has 89 heavy (non-hydrogen) atoms. The van der Waals surface area contributed by atoms with Crippen molar-refractivity contribution in [3.05, 3.63) is 85.1 Å². The SMILES string of the molecule is CC/C=C\C/C=C\C/C=C\C/C=C\CCCCCCCCCCCCCCCCCCCCCCCCCCCCCCC(=O)NC(COP(=O)(O)OCC[N+](C)(C)C)C(O)/C=C/CC/C=C/CC/C=C/CCCCCCCCCCCCCCCCCC. The number of allylic oxidation sites excluding steroid dienone is 13. The van der Waals surface area contributed by atoms with Crippen molar-refractivity contribution in [3.63, 3.8) is 0 Å². The van der Waals surface area contributed by atoms with E-state index in [-0.39, 0.29) is 19.1 Å². The van der Waals surface area contributed by atoms with Crippen LogP contribution in [0, 0.1) is 0 Å². The van der Waals surface area contributed by atoms with E-state index in [9.17, 15) is 19.4 Å². The molecule has 0 aromatic heterocycles. The van der Waals surface area contributed by atoms with Crippen LogP contribution in [0.1, 0.15) is 367 Å². The van der Waals surface area contributed by atoms with Crippen molar-refractivity contribution in [3.8, 4) is 0 Å². The van der Waals surface area contributed by atoms with Gasteiger partial charge in [0.25, 0.3) is 0 Å². The van der Waals surface area contributed by atoms with E-state index in [4.69, 9.17) is 9.05 Å². The standard InChI is InChI=1S/C80H149N2O6P/c1-6-8-10-12-14-16-18-20-22-24-26-28-30-32-34-35-36-37-38-39-40-41-42-43-44-45-46-47-48-50-52-54-56-58-60-62-64-66-68-70-72-74-80(84)81-78(77-88-89(85,86)87-76-75-82(3,4)5)79(83)73-71-69-67-65-63-61-59-57-55-53-51-49-33-31-29-27-25-23-21-19-17-15-13-11-9-7-2/h8,10,14,16,20,22,26,28,55,57,63,65,71,73,78-79,83H,6-7,9,11-13,15,17-19,21,23-25,27,29-54,56,58-62,64,66-70,72,74-77H2,1-5H3,(H-,81,84,85,86)/p+1/b10-8-,16-14-,22-20-,28-26-,57-55+,65-63+,73-71+. The van der Waals surface area contributed by atoms with Gasteiger partial charge in [-0.2, -0.15) is 0 Å². The molecule has 0 rings (SSSR count). The average molecular weight is 1270 g/mol. The molecule has 0 aliphatic heterocycles. The third-order valence-corrected chi connectivity index (χ3v) is 18.3. The third kappa shape index (κ3) is 73.0. The Labute approximate surface area is 554 Å². The second-order valence-electron chi connectivity index (χ2n) is 27.3. The molecule has 0 saturated heterocycles. The van der Waals surface area contributed by atoms with Crippen molar-refractivity contribution in [1.29, 1.82) is 0 Å². The van der Waals surface area contributed by atoms with Crippen LogP contribution in [-0.4, -0.2) is 73.4 Å². The van der Waals surface area contributed by atoms with Gasteiger partial charge >= 0.3 is 7.82 Å². The van der Waals surface area contributed by atoms with Gasteiger partial charge in [0.2, 0.25) is 5.91 Å². The average Bonchev–Trinajstić information content (AvgIpc) is 3.61. The molecule has 0 radical (unpaired) electrons. The molecule has 0 heterocycles. The number of unbranched alkanes of at least 4 members (excludes halogenated alkanes) is 46. The van der Waals surface area contributed by atoms with Gasteiger partial charge in [-0.3, -0.25) is 13.8 Å². The Morgan fingerprint density at radius 1 is 0.393 bits per heavy atom. The minimum Gasteiger partial charge on any atom is -0.387 e. The Hall–Kier alpha value is -2.32. The van der Waals surface area contributed by atoms with Crippen molar-refractivity contribution in [2.24, 2.45) is 0 Å². The van der Waals surface area contributed by atoms with E-state index in [0.29, 0.717) is 17.4 Å². The number of phosphoric ester groups is 1. The first-order chi connectivity index (χ1) is 43.5. The van der Waals surface area contributed by atoms with E-state index >= 15 is 0 Å². The smallest absolute Gasteiger partial charge is 0.387 e. The fourth-order valence-electron chi connectivity index (χ4n) is 11.4. The number of nitrogens with one attached hydrogen (secondary N) is 1. The first-order valence-electron chi connectivity index (χ1n) is 38.5. The van der Waals surface area contributed by atoms with E-state index < -0.39 is 20.0 Å². The van der Waals surface area contributed by atoms with Gasteiger partial charge in [0, 0.05) is 6.42 Å². The summed E-state index contributed by atoms with van der Waals surface area (Å²) >= 11 is 0. The number of carbonyl (C=O) groups is 1. The van der Waals surface area contributed by atoms with Crippen molar-refractivity contribution in [2.45, 2.75) is 379 Å². The van der Waals surface area contributed by atoms with Crippen LogP contribution in [-0.2, 0) is 18.4 Å². The fourth-order valence-corrected chi connectivity index (χ4v) is 12.2. The van der Waals surface area contributed by atoms with E-state index in [2.05, 4.69) is 92.1 Å². The van der Waals surface area contributed by atoms with Gasteiger partial charge in [-0.05, 0) is 83.5 Å². The lowest BCUT2D eigenvalue weighted by atomic mass is 10.0. The first-order valence-corrected chi connectivity index (χ1v) is 40.0. The Balaban J connectivity index is 3.97. The number of amides is 1. The van der Waals surface area contributed by atoms with E-state index in [0.717, 1.165) is 70.6 Å². The first kappa shape index (κ1) is 86.7. The second-order valence-corrected chi connectivity index (χ2v) is 28.8. The fraction of sp³-hybridized carbons (Fsp3) is 0.812. The van der Waals surface area contributed by atoms with Gasteiger partial charge in [-0.1, -0.05) is 362 Å². The Morgan fingerprint density at radius 3 is 1.03 bits per heavy atom. The van der Waals surface area contributed by atoms with Gasteiger partial charge in [0.15, 0.2) is 0 Å². The predicted molar refractivity (Wildman–Crippen MR) is 392 cm³/mol. The zero-order valence-corrected chi connectivity index (χ0v) is 60.6. The minimum absolute atomic E-state index is 0.0534. The summed E-state index contributed by atoms with van der Waals surface area (Å²) in [6, 6.07) is -0.873. The molecule has 3 N–H and O–H groups in total. The predicted octanol–water partition coefficient (Wildman–Crippen LogP) is 25.1. The molecule has 0 saturated carbocycles. The highest BCUT2D eigenvalue weighted by Crippen LogP contribution is 2.43. The Kier molecular flexibility index (Phi) is 68.2. The molecule has 3 unspecified atom stereocenters. The maximum Gasteiger partial charge on any atom is 0.472 e. The largest absolute Gasteiger partial charge is 0.472 e. The summed E-state index contributed by atoms with van der Waals surface area (Å²) in [7, 11) is 1.56. The summed E-state index contributed by atoms with van der Waals surface area (Å²) in [5.74, 6) is -0.185. The van der Waals surface area contributed by atoms with Crippen LogP contribution in [0.5, 0.6) is 0 Å². The lowest BCUT2D eigenvalue weighted by molar-refractivity contribution is -0.870. The Morgan fingerprint density at radius 2 is 0.685 bits per heavy atom. The summed E-state index contributed by atoms with van der Waals surface area (Å²) in [5.41, 5.74) is 0. The highest BCUT2D eigenvalue weighted by molar-refractivity contribution is 7.47. The number of hydrogen-bond donors (Lipinski definition) is 3. The van der Waals surface area contributed by atoms with Gasteiger partial charge in [0.05, 0.1) is 39.9 Å². The number of quaternary nitrogens is 1. The molecule has 0 aromatic rings. The molecule has 0 fully saturated rings. The summed E-state index contributed by atoms with van der Waals surface area (Å²) in [5, 5.41) is 14.0. The number of likely N-dealkylation sites (N-methyl/N-ethyl adjacent to an activating group) is 1. The number of phosphoric acid groups is 1. The number of rotatable bonds is 71. The maximum atomic E-state index is 13.1. The highest BCUT2D eigenvalue weighted by atomic mass is 31.2. The molecule has 0 spiro atoms. The molecule has 0 bridgehead atoms. The molecule has 3 atom stereocenters. The molecule has 0 aliphatic carbocycles. The van der Waals surface area contributed by atoms with Crippen molar-refractivity contribution < 1.29 is 32.9 Å². The van der Waals surface area contributed by atoms with Crippen LogP contribution in [0.4, 0.5) is 0 Å². The molecule has 8 nitrogen and oxygen atoms in total. The molecule has 9 heteroatoms. The number of hydrogen-bond acceptors (Lipinski definition) is 5. The molecular weight excluding hydrogens is 1120 g/mol. The molecule has 0 aliphatic rings.